The Morgan fingerprint density at radius 2 is 1.55 bits per heavy atom. The first-order chi connectivity index (χ1) is 14.3. The summed E-state index contributed by atoms with van der Waals surface area (Å²) in [6, 6.07) is 26.3. The SMILES string of the molecule is Cc1ccccc1CNc1nc(NCc2ccccn2)cc(-c2ccccc2)n1. The van der Waals surface area contributed by atoms with Crippen molar-refractivity contribution in [1.82, 2.24) is 15.0 Å². The van der Waals surface area contributed by atoms with Crippen LogP contribution in [-0.4, -0.2) is 15.0 Å². The highest BCUT2D eigenvalue weighted by molar-refractivity contribution is 5.64. The molecule has 0 aliphatic heterocycles. The van der Waals surface area contributed by atoms with Gasteiger partial charge < -0.3 is 10.6 Å². The number of benzene rings is 2. The van der Waals surface area contributed by atoms with Gasteiger partial charge in [0.05, 0.1) is 17.9 Å². The number of nitrogens with one attached hydrogen (secondary N) is 2. The summed E-state index contributed by atoms with van der Waals surface area (Å²) >= 11 is 0. The Kier molecular flexibility index (Phi) is 5.76. The van der Waals surface area contributed by atoms with Crippen molar-refractivity contribution in [2.75, 3.05) is 10.6 Å². The first kappa shape index (κ1) is 18.6. The average Bonchev–Trinajstić information content (AvgIpc) is 2.78. The fourth-order valence-corrected chi connectivity index (χ4v) is 3.04. The lowest BCUT2D eigenvalue weighted by atomic mass is 10.1. The first-order valence-corrected chi connectivity index (χ1v) is 9.64. The summed E-state index contributed by atoms with van der Waals surface area (Å²) in [5.74, 6) is 1.36. The summed E-state index contributed by atoms with van der Waals surface area (Å²) in [4.78, 5) is 13.7. The number of anilines is 2. The van der Waals surface area contributed by atoms with Crippen LogP contribution in [0.4, 0.5) is 11.8 Å². The van der Waals surface area contributed by atoms with E-state index >= 15 is 0 Å². The molecule has 29 heavy (non-hydrogen) atoms. The molecule has 2 aromatic heterocycles. The number of pyridine rings is 1. The van der Waals surface area contributed by atoms with Crippen LogP contribution in [0.1, 0.15) is 16.8 Å². The molecule has 0 saturated carbocycles. The van der Waals surface area contributed by atoms with E-state index in [9.17, 15) is 0 Å². The quantitative estimate of drug-likeness (QED) is 0.468. The van der Waals surface area contributed by atoms with Gasteiger partial charge >= 0.3 is 0 Å². The van der Waals surface area contributed by atoms with Crippen molar-refractivity contribution in [3.8, 4) is 11.3 Å². The van der Waals surface area contributed by atoms with Crippen LogP contribution in [0.2, 0.25) is 0 Å². The van der Waals surface area contributed by atoms with E-state index in [-0.39, 0.29) is 0 Å². The third-order valence-corrected chi connectivity index (χ3v) is 4.67. The van der Waals surface area contributed by atoms with Crippen LogP contribution in [0.3, 0.4) is 0 Å². The van der Waals surface area contributed by atoms with Gasteiger partial charge in [0.2, 0.25) is 5.95 Å². The van der Waals surface area contributed by atoms with Crippen molar-refractivity contribution in [3.05, 3.63) is 102 Å². The highest BCUT2D eigenvalue weighted by Crippen LogP contribution is 2.22. The lowest BCUT2D eigenvalue weighted by Crippen LogP contribution is -2.09. The standard InChI is InChI=1S/C24H23N5/c1-18-9-5-6-12-20(18)16-27-24-28-22(19-10-3-2-4-11-19)15-23(29-24)26-17-21-13-7-8-14-25-21/h2-15H,16-17H2,1H3,(H2,26,27,28,29). The summed E-state index contributed by atoms with van der Waals surface area (Å²) in [5.41, 5.74) is 5.35. The molecule has 5 nitrogen and oxygen atoms in total. The molecule has 4 rings (SSSR count). The summed E-state index contributed by atoms with van der Waals surface area (Å²) in [6.45, 7) is 3.38. The second-order valence-corrected chi connectivity index (χ2v) is 6.78. The van der Waals surface area contributed by atoms with Crippen LogP contribution in [0.15, 0.2) is 85.1 Å². The zero-order valence-corrected chi connectivity index (χ0v) is 16.3. The van der Waals surface area contributed by atoms with Crippen molar-refractivity contribution >= 4 is 11.8 Å². The van der Waals surface area contributed by atoms with E-state index in [1.807, 2.05) is 54.6 Å². The second kappa shape index (κ2) is 8.97. The van der Waals surface area contributed by atoms with Gasteiger partial charge in [0.25, 0.3) is 0 Å². The van der Waals surface area contributed by atoms with Gasteiger partial charge in [0, 0.05) is 24.4 Å². The Morgan fingerprint density at radius 1 is 0.759 bits per heavy atom. The van der Waals surface area contributed by atoms with E-state index < -0.39 is 0 Å². The Balaban J connectivity index is 1.58. The summed E-state index contributed by atoms with van der Waals surface area (Å²) < 4.78 is 0. The van der Waals surface area contributed by atoms with Gasteiger partial charge in [-0.05, 0) is 30.2 Å². The summed E-state index contributed by atoms with van der Waals surface area (Å²) in [7, 11) is 0. The fraction of sp³-hybridized carbons (Fsp3) is 0.125. The van der Waals surface area contributed by atoms with Gasteiger partial charge in [0.1, 0.15) is 5.82 Å². The van der Waals surface area contributed by atoms with Gasteiger partial charge in [-0.25, -0.2) is 4.98 Å². The van der Waals surface area contributed by atoms with E-state index in [2.05, 4.69) is 51.8 Å². The Bertz CT molecular complexity index is 1060. The van der Waals surface area contributed by atoms with E-state index in [1.54, 1.807) is 6.20 Å². The predicted molar refractivity (Wildman–Crippen MR) is 118 cm³/mol. The molecular formula is C24H23N5. The molecule has 5 heteroatoms. The Hall–Kier alpha value is -3.73. The molecular weight excluding hydrogens is 358 g/mol. The minimum absolute atomic E-state index is 0.595. The molecule has 144 valence electrons. The predicted octanol–water partition coefficient (Wildman–Crippen LogP) is 5.07. The van der Waals surface area contributed by atoms with Crippen molar-refractivity contribution in [2.24, 2.45) is 0 Å². The van der Waals surface area contributed by atoms with E-state index in [4.69, 9.17) is 4.98 Å². The maximum Gasteiger partial charge on any atom is 0.225 e. The third-order valence-electron chi connectivity index (χ3n) is 4.67. The largest absolute Gasteiger partial charge is 0.364 e. The number of rotatable bonds is 7. The Labute approximate surface area is 170 Å². The highest BCUT2D eigenvalue weighted by Gasteiger charge is 2.08. The monoisotopic (exact) mass is 381 g/mol. The molecule has 0 saturated heterocycles. The van der Waals surface area contributed by atoms with Crippen LogP contribution in [0, 0.1) is 6.92 Å². The Morgan fingerprint density at radius 3 is 2.34 bits per heavy atom. The summed E-state index contributed by atoms with van der Waals surface area (Å²) in [5, 5.41) is 6.74. The number of aromatic nitrogens is 3. The van der Waals surface area contributed by atoms with E-state index in [0.717, 1.165) is 22.8 Å². The molecule has 0 atom stereocenters. The number of hydrogen-bond acceptors (Lipinski definition) is 5. The van der Waals surface area contributed by atoms with Crippen LogP contribution in [0.25, 0.3) is 11.3 Å². The molecule has 0 amide bonds. The molecule has 2 aromatic carbocycles. The van der Waals surface area contributed by atoms with E-state index in [0.29, 0.717) is 19.0 Å². The zero-order valence-electron chi connectivity index (χ0n) is 16.3. The highest BCUT2D eigenvalue weighted by atomic mass is 15.1. The molecule has 2 N–H and O–H groups in total. The smallest absolute Gasteiger partial charge is 0.225 e. The number of hydrogen-bond donors (Lipinski definition) is 2. The van der Waals surface area contributed by atoms with Crippen LogP contribution < -0.4 is 10.6 Å². The van der Waals surface area contributed by atoms with Crippen LogP contribution in [0.5, 0.6) is 0 Å². The lowest BCUT2D eigenvalue weighted by molar-refractivity contribution is 1.00. The second-order valence-electron chi connectivity index (χ2n) is 6.78. The molecule has 4 aromatic rings. The first-order valence-electron chi connectivity index (χ1n) is 9.64. The number of aryl methyl sites for hydroxylation is 1. The van der Waals surface area contributed by atoms with Gasteiger partial charge in [-0.2, -0.15) is 4.98 Å². The zero-order chi connectivity index (χ0) is 19.9. The molecule has 0 aliphatic carbocycles. The molecule has 2 heterocycles. The minimum atomic E-state index is 0.595. The van der Waals surface area contributed by atoms with E-state index in [1.165, 1.54) is 11.1 Å². The minimum Gasteiger partial charge on any atom is -0.364 e. The molecule has 0 radical (unpaired) electrons. The van der Waals surface area contributed by atoms with Crippen molar-refractivity contribution < 1.29 is 0 Å². The molecule has 0 aliphatic rings. The normalized spacial score (nSPS) is 10.5. The van der Waals surface area contributed by atoms with Crippen LogP contribution >= 0.6 is 0 Å². The molecule has 0 unspecified atom stereocenters. The van der Waals surface area contributed by atoms with Crippen LogP contribution in [-0.2, 0) is 13.1 Å². The molecule has 0 fully saturated rings. The van der Waals surface area contributed by atoms with Gasteiger partial charge in [-0.3, -0.25) is 4.98 Å². The lowest BCUT2D eigenvalue weighted by Gasteiger charge is -2.12. The molecule has 0 bridgehead atoms. The topological polar surface area (TPSA) is 62.7 Å². The maximum atomic E-state index is 4.73. The molecule has 0 spiro atoms. The fourth-order valence-electron chi connectivity index (χ4n) is 3.04. The third kappa shape index (κ3) is 4.96. The van der Waals surface area contributed by atoms with Gasteiger partial charge in [-0.1, -0.05) is 60.7 Å². The van der Waals surface area contributed by atoms with Crippen molar-refractivity contribution in [2.45, 2.75) is 20.0 Å². The van der Waals surface area contributed by atoms with Gasteiger partial charge in [-0.15, -0.1) is 0 Å². The average molecular weight is 381 g/mol. The van der Waals surface area contributed by atoms with Crippen molar-refractivity contribution in [3.63, 3.8) is 0 Å². The van der Waals surface area contributed by atoms with Crippen molar-refractivity contribution in [1.29, 1.82) is 0 Å². The number of nitrogens with zero attached hydrogens (tertiary/aromatic N) is 3. The maximum absolute atomic E-state index is 4.73. The van der Waals surface area contributed by atoms with Gasteiger partial charge in [0.15, 0.2) is 0 Å². The summed E-state index contributed by atoms with van der Waals surface area (Å²) in [6.07, 6.45) is 1.79.